The highest BCUT2D eigenvalue weighted by Crippen LogP contribution is 2.43. The van der Waals surface area contributed by atoms with Gasteiger partial charge in [0.25, 0.3) is 0 Å². The predicted molar refractivity (Wildman–Crippen MR) is 71.1 cm³/mol. The predicted octanol–water partition coefficient (Wildman–Crippen LogP) is 2.96. The summed E-state index contributed by atoms with van der Waals surface area (Å²) >= 11 is 3.60. The molecule has 1 aromatic carbocycles. The molecule has 0 saturated carbocycles. The van der Waals surface area contributed by atoms with Crippen LogP contribution in [0, 0.1) is 0 Å². The van der Waals surface area contributed by atoms with Crippen molar-refractivity contribution < 1.29 is 9.47 Å². The molecular formula is C13H14BrNO2. The Morgan fingerprint density at radius 1 is 1.47 bits per heavy atom. The quantitative estimate of drug-likeness (QED) is 0.784. The van der Waals surface area contributed by atoms with Gasteiger partial charge in [-0.1, -0.05) is 28.1 Å². The molecule has 3 nitrogen and oxygen atoms in total. The van der Waals surface area contributed by atoms with E-state index in [1.54, 1.807) is 7.11 Å². The number of benzene rings is 1. The molecule has 2 aliphatic rings. The fourth-order valence-electron chi connectivity index (χ4n) is 2.31. The van der Waals surface area contributed by atoms with E-state index in [0.29, 0.717) is 0 Å². The fraction of sp³-hybridized carbons (Fsp3) is 0.385. The summed E-state index contributed by atoms with van der Waals surface area (Å²) in [6.45, 7) is 0.823. The summed E-state index contributed by atoms with van der Waals surface area (Å²) in [5.41, 5.74) is 3.65. The minimum absolute atomic E-state index is 0.00528. The Hall–Kier alpha value is -0.840. The van der Waals surface area contributed by atoms with Crippen LogP contribution in [0.15, 0.2) is 22.7 Å². The molecule has 0 aromatic heterocycles. The number of hydrogen-bond donors (Lipinski definition) is 0. The van der Waals surface area contributed by atoms with E-state index >= 15 is 0 Å². The minimum Gasteiger partial charge on any atom is -0.368 e. The van der Waals surface area contributed by atoms with Crippen LogP contribution in [0.4, 0.5) is 5.69 Å². The molecule has 90 valence electrons. The van der Waals surface area contributed by atoms with Gasteiger partial charge < -0.3 is 14.4 Å². The molecule has 0 N–H and O–H groups in total. The number of fused-ring (bicyclic) bond motifs is 1. The van der Waals surface area contributed by atoms with E-state index in [1.165, 1.54) is 16.8 Å². The van der Waals surface area contributed by atoms with Crippen LogP contribution in [0.2, 0.25) is 0 Å². The zero-order valence-corrected chi connectivity index (χ0v) is 11.4. The number of anilines is 1. The van der Waals surface area contributed by atoms with Crippen LogP contribution in [-0.4, -0.2) is 27.0 Å². The molecule has 4 heteroatoms. The third kappa shape index (κ3) is 1.80. The molecule has 2 unspecified atom stereocenters. The first-order chi connectivity index (χ1) is 8.22. The Kier molecular flexibility index (Phi) is 2.73. The Morgan fingerprint density at radius 3 is 2.88 bits per heavy atom. The average Bonchev–Trinajstić information content (AvgIpc) is 3.15. The molecule has 0 spiro atoms. The Labute approximate surface area is 109 Å². The number of epoxide rings is 1. The molecule has 2 heterocycles. The second-order valence-electron chi connectivity index (χ2n) is 4.32. The van der Waals surface area contributed by atoms with E-state index < -0.39 is 0 Å². The number of ether oxygens (including phenoxy) is 2. The van der Waals surface area contributed by atoms with Crippen LogP contribution >= 0.6 is 15.9 Å². The summed E-state index contributed by atoms with van der Waals surface area (Å²) in [5, 5.41) is 0. The third-order valence-corrected chi connectivity index (χ3v) is 3.97. The van der Waals surface area contributed by atoms with Crippen LogP contribution in [-0.2, 0) is 9.47 Å². The van der Waals surface area contributed by atoms with E-state index in [2.05, 4.69) is 52.2 Å². The molecule has 2 aliphatic heterocycles. The SMILES string of the molecule is COC1C=Cc2c(Br)ccc(C3CO3)c2N1C. The van der Waals surface area contributed by atoms with Crippen molar-refractivity contribution in [2.75, 3.05) is 25.7 Å². The highest BCUT2D eigenvalue weighted by Gasteiger charge is 2.32. The lowest BCUT2D eigenvalue weighted by Crippen LogP contribution is -2.34. The zero-order valence-electron chi connectivity index (χ0n) is 9.81. The molecule has 1 fully saturated rings. The number of rotatable bonds is 2. The number of methoxy groups -OCH3 is 1. The number of likely N-dealkylation sites (N-methyl/N-ethyl adjacent to an activating group) is 1. The molecule has 0 radical (unpaired) electrons. The van der Waals surface area contributed by atoms with Crippen molar-refractivity contribution in [2.24, 2.45) is 0 Å². The molecule has 2 atom stereocenters. The van der Waals surface area contributed by atoms with Crippen molar-refractivity contribution in [1.82, 2.24) is 0 Å². The summed E-state index contributed by atoms with van der Waals surface area (Å²) in [4.78, 5) is 2.15. The number of halogens is 1. The number of nitrogens with zero attached hydrogens (tertiary/aromatic N) is 1. The van der Waals surface area contributed by atoms with Crippen LogP contribution in [0.1, 0.15) is 17.2 Å². The van der Waals surface area contributed by atoms with E-state index in [9.17, 15) is 0 Å². The minimum atomic E-state index is -0.00528. The molecule has 3 rings (SSSR count). The standard InChI is InChI=1S/C13H14BrNO2/c1-15-12(16-2)6-4-8-10(14)5-3-9(13(8)15)11-7-17-11/h3-6,11-12H,7H2,1-2H3. The monoisotopic (exact) mass is 295 g/mol. The van der Waals surface area contributed by atoms with Crippen LogP contribution in [0.5, 0.6) is 0 Å². The molecule has 0 aliphatic carbocycles. The summed E-state index contributed by atoms with van der Waals surface area (Å²) in [5.74, 6) is 0. The van der Waals surface area contributed by atoms with Crippen molar-refractivity contribution in [1.29, 1.82) is 0 Å². The highest BCUT2D eigenvalue weighted by atomic mass is 79.9. The smallest absolute Gasteiger partial charge is 0.149 e. The Morgan fingerprint density at radius 2 is 2.24 bits per heavy atom. The topological polar surface area (TPSA) is 25.0 Å². The van der Waals surface area contributed by atoms with Gasteiger partial charge in [0.1, 0.15) is 12.3 Å². The summed E-state index contributed by atoms with van der Waals surface area (Å²) < 4.78 is 12.0. The van der Waals surface area contributed by atoms with Gasteiger partial charge in [0.15, 0.2) is 0 Å². The maximum absolute atomic E-state index is 5.44. The lowest BCUT2D eigenvalue weighted by molar-refractivity contribution is 0.141. The van der Waals surface area contributed by atoms with E-state index in [0.717, 1.165) is 11.1 Å². The van der Waals surface area contributed by atoms with Gasteiger partial charge in [-0.2, -0.15) is 0 Å². The van der Waals surface area contributed by atoms with Gasteiger partial charge in [-0.15, -0.1) is 0 Å². The first kappa shape index (κ1) is 11.3. The van der Waals surface area contributed by atoms with Crippen LogP contribution in [0.3, 0.4) is 0 Å². The molecule has 0 amide bonds. The average molecular weight is 296 g/mol. The summed E-state index contributed by atoms with van der Waals surface area (Å²) in [6, 6.07) is 4.21. The second-order valence-corrected chi connectivity index (χ2v) is 5.17. The zero-order chi connectivity index (χ0) is 12.0. The van der Waals surface area contributed by atoms with Crippen LogP contribution in [0.25, 0.3) is 6.08 Å². The van der Waals surface area contributed by atoms with E-state index in [4.69, 9.17) is 9.47 Å². The molecule has 0 bridgehead atoms. The van der Waals surface area contributed by atoms with Gasteiger partial charge in [0.05, 0.1) is 12.3 Å². The lowest BCUT2D eigenvalue weighted by Gasteiger charge is -2.33. The summed E-state index contributed by atoms with van der Waals surface area (Å²) in [6.07, 6.45) is 4.42. The Bertz CT molecular complexity index is 483. The van der Waals surface area contributed by atoms with Crippen molar-refractivity contribution in [3.63, 3.8) is 0 Å². The van der Waals surface area contributed by atoms with E-state index in [1.807, 2.05) is 0 Å². The van der Waals surface area contributed by atoms with Gasteiger partial charge >= 0.3 is 0 Å². The normalized spacial score (nSPS) is 25.9. The largest absolute Gasteiger partial charge is 0.368 e. The molecule has 1 saturated heterocycles. The maximum Gasteiger partial charge on any atom is 0.149 e. The highest BCUT2D eigenvalue weighted by molar-refractivity contribution is 9.10. The maximum atomic E-state index is 5.44. The van der Waals surface area contributed by atoms with E-state index in [-0.39, 0.29) is 12.3 Å². The second kappa shape index (κ2) is 4.12. The van der Waals surface area contributed by atoms with Gasteiger partial charge in [-0.25, -0.2) is 0 Å². The molecule has 17 heavy (non-hydrogen) atoms. The molecule has 1 aromatic rings. The van der Waals surface area contributed by atoms with Crippen molar-refractivity contribution in [3.05, 3.63) is 33.8 Å². The first-order valence-corrected chi connectivity index (χ1v) is 6.39. The van der Waals surface area contributed by atoms with Crippen LogP contribution < -0.4 is 4.90 Å². The first-order valence-electron chi connectivity index (χ1n) is 5.60. The van der Waals surface area contributed by atoms with Gasteiger partial charge in [-0.05, 0) is 12.1 Å². The van der Waals surface area contributed by atoms with Gasteiger partial charge in [0.2, 0.25) is 0 Å². The van der Waals surface area contributed by atoms with Gasteiger partial charge in [-0.3, -0.25) is 0 Å². The fourth-order valence-corrected chi connectivity index (χ4v) is 2.76. The van der Waals surface area contributed by atoms with Crippen molar-refractivity contribution in [2.45, 2.75) is 12.3 Å². The third-order valence-electron chi connectivity index (χ3n) is 3.28. The number of hydrogen-bond acceptors (Lipinski definition) is 3. The van der Waals surface area contributed by atoms with Gasteiger partial charge in [0, 0.05) is 29.8 Å². The lowest BCUT2D eigenvalue weighted by atomic mass is 10.0. The summed E-state index contributed by atoms with van der Waals surface area (Å²) in [7, 11) is 3.77. The van der Waals surface area contributed by atoms with Crippen molar-refractivity contribution >= 4 is 27.7 Å². The molecular weight excluding hydrogens is 282 g/mol. The Balaban J connectivity index is 2.15. The van der Waals surface area contributed by atoms with Crippen molar-refractivity contribution in [3.8, 4) is 0 Å².